The number of carbonyl (C=O) groups excluding carboxylic acids is 1. The molecule has 0 bridgehead atoms. The summed E-state index contributed by atoms with van der Waals surface area (Å²) in [5.41, 5.74) is 0.0405. The van der Waals surface area contributed by atoms with Crippen LogP contribution in [0.2, 0.25) is 0 Å². The van der Waals surface area contributed by atoms with Gasteiger partial charge >= 0.3 is 0 Å². The van der Waals surface area contributed by atoms with E-state index < -0.39 is 0 Å². The molecule has 0 aromatic rings. The van der Waals surface area contributed by atoms with Gasteiger partial charge in [-0.2, -0.15) is 0 Å². The molecule has 1 aliphatic carbocycles. The topological polar surface area (TPSA) is 20.3 Å². The quantitative estimate of drug-likeness (QED) is 0.566. The van der Waals surface area contributed by atoms with Gasteiger partial charge in [-0.05, 0) is 39.0 Å². The standard InChI is InChI=1S/C7H12ClNO/c1-7(9(2)3)4-5(7)6(8)10/h5H,4H2,1-3H3. The summed E-state index contributed by atoms with van der Waals surface area (Å²) in [5, 5.41) is -0.198. The minimum absolute atomic E-state index is 0.0405. The molecule has 0 N–H and O–H groups in total. The number of carbonyl (C=O) groups is 1. The second-order valence-corrected chi connectivity index (χ2v) is 3.68. The van der Waals surface area contributed by atoms with Crippen molar-refractivity contribution in [3.63, 3.8) is 0 Å². The molecule has 10 heavy (non-hydrogen) atoms. The largest absolute Gasteiger partial charge is 0.303 e. The Hall–Kier alpha value is -0.0800. The second kappa shape index (κ2) is 2.21. The molecule has 0 aromatic carbocycles. The fourth-order valence-electron chi connectivity index (χ4n) is 1.17. The first kappa shape index (κ1) is 8.02. The lowest BCUT2D eigenvalue weighted by molar-refractivity contribution is -0.113. The first-order valence-electron chi connectivity index (χ1n) is 3.35. The molecule has 58 valence electrons. The molecule has 0 heterocycles. The zero-order valence-corrected chi connectivity index (χ0v) is 7.27. The van der Waals surface area contributed by atoms with E-state index in [4.69, 9.17) is 11.6 Å². The van der Waals surface area contributed by atoms with Crippen LogP contribution in [0.25, 0.3) is 0 Å². The van der Waals surface area contributed by atoms with Gasteiger partial charge in [0.25, 0.3) is 0 Å². The predicted octanol–water partition coefficient (Wildman–Crippen LogP) is 1.09. The summed E-state index contributed by atoms with van der Waals surface area (Å²) in [6, 6.07) is 0. The lowest BCUT2D eigenvalue weighted by atomic mass is 10.2. The highest BCUT2D eigenvalue weighted by Crippen LogP contribution is 2.47. The van der Waals surface area contributed by atoms with Crippen LogP contribution in [0.4, 0.5) is 0 Å². The Morgan fingerprint density at radius 3 is 2.30 bits per heavy atom. The Labute approximate surface area is 66.1 Å². The van der Waals surface area contributed by atoms with Gasteiger partial charge in [0.2, 0.25) is 5.24 Å². The molecule has 0 amide bonds. The van der Waals surface area contributed by atoms with Crippen molar-refractivity contribution in [3.8, 4) is 0 Å². The molecule has 1 fully saturated rings. The van der Waals surface area contributed by atoms with Crippen LogP contribution in [0.1, 0.15) is 13.3 Å². The highest BCUT2D eigenvalue weighted by Gasteiger charge is 2.55. The monoisotopic (exact) mass is 161 g/mol. The third-order valence-electron chi connectivity index (χ3n) is 2.50. The first-order chi connectivity index (χ1) is 4.48. The normalized spacial score (nSPS) is 38.3. The fraction of sp³-hybridized carbons (Fsp3) is 0.857. The molecule has 0 radical (unpaired) electrons. The van der Waals surface area contributed by atoms with E-state index in [1.165, 1.54) is 0 Å². The van der Waals surface area contributed by atoms with E-state index in [1.807, 2.05) is 14.1 Å². The summed E-state index contributed by atoms with van der Waals surface area (Å²) in [6.07, 6.45) is 0.905. The SMILES string of the molecule is CN(C)C1(C)CC1C(=O)Cl. The van der Waals surface area contributed by atoms with Gasteiger partial charge in [0.15, 0.2) is 0 Å². The molecular formula is C7H12ClNO. The second-order valence-electron chi connectivity index (χ2n) is 3.31. The van der Waals surface area contributed by atoms with Crippen LogP contribution in [0.3, 0.4) is 0 Å². The van der Waals surface area contributed by atoms with Gasteiger partial charge < -0.3 is 4.90 Å². The first-order valence-corrected chi connectivity index (χ1v) is 3.73. The summed E-state index contributed by atoms with van der Waals surface area (Å²) >= 11 is 5.34. The van der Waals surface area contributed by atoms with E-state index in [1.54, 1.807) is 0 Å². The lowest BCUT2D eigenvalue weighted by Crippen LogP contribution is -2.29. The van der Waals surface area contributed by atoms with Crippen molar-refractivity contribution in [2.45, 2.75) is 18.9 Å². The van der Waals surface area contributed by atoms with Crippen LogP contribution in [0.15, 0.2) is 0 Å². The van der Waals surface area contributed by atoms with E-state index in [2.05, 4.69) is 11.8 Å². The van der Waals surface area contributed by atoms with E-state index in [0.717, 1.165) is 6.42 Å². The molecule has 0 aromatic heterocycles. The third kappa shape index (κ3) is 1.06. The van der Waals surface area contributed by atoms with Crippen molar-refractivity contribution in [1.29, 1.82) is 0 Å². The molecule has 1 saturated carbocycles. The molecule has 0 spiro atoms. The van der Waals surface area contributed by atoms with Crippen LogP contribution in [0, 0.1) is 5.92 Å². The molecule has 2 unspecified atom stereocenters. The van der Waals surface area contributed by atoms with E-state index >= 15 is 0 Å². The van der Waals surface area contributed by atoms with Crippen molar-refractivity contribution in [2.75, 3.05) is 14.1 Å². The Bertz CT molecular complexity index is 169. The number of halogens is 1. The van der Waals surface area contributed by atoms with Crippen molar-refractivity contribution in [3.05, 3.63) is 0 Å². The highest BCUT2D eigenvalue weighted by atomic mass is 35.5. The summed E-state index contributed by atoms with van der Waals surface area (Å²) < 4.78 is 0. The minimum Gasteiger partial charge on any atom is -0.303 e. The highest BCUT2D eigenvalue weighted by molar-refractivity contribution is 6.64. The Kier molecular flexibility index (Phi) is 1.77. The number of hydrogen-bond acceptors (Lipinski definition) is 2. The lowest BCUT2D eigenvalue weighted by Gasteiger charge is -2.18. The summed E-state index contributed by atoms with van der Waals surface area (Å²) in [7, 11) is 3.94. The van der Waals surface area contributed by atoms with Crippen LogP contribution in [0.5, 0.6) is 0 Å². The van der Waals surface area contributed by atoms with Crippen molar-refractivity contribution >= 4 is 16.8 Å². The van der Waals surface area contributed by atoms with Gasteiger partial charge in [-0.3, -0.25) is 4.79 Å². The van der Waals surface area contributed by atoms with Gasteiger partial charge in [0.1, 0.15) is 0 Å². The molecule has 2 atom stereocenters. The summed E-state index contributed by atoms with van der Waals surface area (Å²) in [4.78, 5) is 12.7. The molecule has 2 nitrogen and oxygen atoms in total. The Morgan fingerprint density at radius 2 is 2.20 bits per heavy atom. The van der Waals surface area contributed by atoms with Gasteiger partial charge in [-0.15, -0.1) is 0 Å². The summed E-state index contributed by atoms with van der Waals surface area (Å²) in [6.45, 7) is 2.05. The smallest absolute Gasteiger partial charge is 0.226 e. The molecular weight excluding hydrogens is 150 g/mol. The van der Waals surface area contributed by atoms with E-state index in [-0.39, 0.29) is 16.7 Å². The summed E-state index contributed by atoms with van der Waals surface area (Å²) in [5.74, 6) is 0.0594. The van der Waals surface area contributed by atoms with Gasteiger partial charge in [-0.1, -0.05) is 0 Å². The maximum atomic E-state index is 10.7. The fourth-order valence-corrected chi connectivity index (χ4v) is 1.49. The van der Waals surface area contributed by atoms with Gasteiger partial charge in [-0.25, -0.2) is 0 Å². The van der Waals surface area contributed by atoms with E-state index in [0.29, 0.717) is 0 Å². The predicted molar refractivity (Wildman–Crippen MR) is 41.1 cm³/mol. The average molecular weight is 162 g/mol. The maximum absolute atomic E-state index is 10.7. The van der Waals surface area contributed by atoms with Crippen LogP contribution < -0.4 is 0 Å². The molecule has 0 aliphatic heterocycles. The average Bonchev–Trinajstić information content (AvgIpc) is 2.43. The molecule has 1 rings (SSSR count). The maximum Gasteiger partial charge on any atom is 0.226 e. The van der Waals surface area contributed by atoms with Crippen LogP contribution in [-0.2, 0) is 4.79 Å². The molecule has 0 saturated heterocycles. The minimum atomic E-state index is -0.198. The number of hydrogen-bond donors (Lipinski definition) is 0. The number of nitrogens with zero attached hydrogens (tertiary/aromatic N) is 1. The van der Waals surface area contributed by atoms with Crippen molar-refractivity contribution in [1.82, 2.24) is 4.90 Å². The zero-order valence-electron chi connectivity index (χ0n) is 6.52. The van der Waals surface area contributed by atoms with Gasteiger partial charge in [0, 0.05) is 5.54 Å². The van der Waals surface area contributed by atoms with Gasteiger partial charge in [0.05, 0.1) is 5.92 Å². The number of rotatable bonds is 2. The Morgan fingerprint density at radius 1 is 1.70 bits per heavy atom. The zero-order chi connectivity index (χ0) is 7.94. The molecule has 3 heteroatoms. The van der Waals surface area contributed by atoms with Crippen molar-refractivity contribution in [2.24, 2.45) is 5.92 Å². The molecule has 1 aliphatic rings. The Balaban J connectivity index is 2.56. The van der Waals surface area contributed by atoms with Crippen LogP contribution in [-0.4, -0.2) is 29.8 Å². The van der Waals surface area contributed by atoms with Crippen LogP contribution >= 0.6 is 11.6 Å². The third-order valence-corrected chi connectivity index (χ3v) is 2.77. The van der Waals surface area contributed by atoms with E-state index in [9.17, 15) is 4.79 Å². The van der Waals surface area contributed by atoms with Crippen molar-refractivity contribution < 1.29 is 4.79 Å².